The summed E-state index contributed by atoms with van der Waals surface area (Å²) in [6.45, 7) is 2.24. The Kier molecular flexibility index (Phi) is 3.29. The largest absolute Gasteiger partial charge is 0.198 e. The van der Waals surface area contributed by atoms with Gasteiger partial charge in [-0.25, -0.2) is 0 Å². The Labute approximate surface area is 98.1 Å². The Hall–Kier alpha value is -1.29. The SMILES string of the molecule is CCC1CCC(C#N)(Cc2ccccc2)C1. The number of hydrogen-bond acceptors (Lipinski definition) is 1. The van der Waals surface area contributed by atoms with E-state index in [1.807, 2.05) is 6.07 Å². The molecule has 0 spiro atoms. The standard InChI is InChI=1S/C15H19N/c1-2-13-8-9-15(10-13,12-16)11-14-6-4-3-5-7-14/h3-7,13H,2,8-11H2,1H3. The topological polar surface area (TPSA) is 23.8 Å². The molecule has 0 amide bonds. The fourth-order valence-electron chi connectivity index (χ4n) is 2.87. The molecule has 0 aromatic heterocycles. The van der Waals surface area contributed by atoms with Crippen molar-refractivity contribution in [3.8, 4) is 6.07 Å². The van der Waals surface area contributed by atoms with Crippen LogP contribution in [0.3, 0.4) is 0 Å². The summed E-state index contributed by atoms with van der Waals surface area (Å²) in [6, 6.07) is 13.0. The summed E-state index contributed by atoms with van der Waals surface area (Å²) >= 11 is 0. The Morgan fingerprint density at radius 1 is 1.38 bits per heavy atom. The quantitative estimate of drug-likeness (QED) is 0.745. The number of rotatable bonds is 3. The molecule has 1 aromatic carbocycles. The summed E-state index contributed by atoms with van der Waals surface area (Å²) in [5.41, 5.74) is 1.22. The van der Waals surface area contributed by atoms with Gasteiger partial charge in [-0.05, 0) is 37.2 Å². The van der Waals surface area contributed by atoms with E-state index in [1.54, 1.807) is 0 Å². The predicted molar refractivity (Wildman–Crippen MR) is 65.8 cm³/mol. The minimum atomic E-state index is -0.0813. The molecule has 2 unspecified atom stereocenters. The molecule has 1 aromatic rings. The van der Waals surface area contributed by atoms with Crippen LogP contribution in [0.4, 0.5) is 0 Å². The van der Waals surface area contributed by atoms with Crippen LogP contribution in [0, 0.1) is 22.7 Å². The zero-order chi connectivity index (χ0) is 11.4. The predicted octanol–water partition coefficient (Wildman–Crippen LogP) is 3.95. The third-order valence-corrected chi connectivity index (χ3v) is 3.91. The zero-order valence-corrected chi connectivity index (χ0v) is 9.95. The average molecular weight is 213 g/mol. The molecule has 1 saturated carbocycles. The zero-order valence-electron chi connectivity index (χ0n) is 9.95. The van der Waals surface area contributed by atoms with Gasteiger partial charge in [-0.15, -0.1) is 0 Å². The molecule has 0 bridgehead atoms. The van der Waals surface area contributed by atoms with Crippen LogP contribution in [0.2, 0.25) is 0 Å². The molecule has 1 nitrogen and oxygen atoms in total. The van der Waals surface area contributed by atoms with Crippen LogP contribution in [0.5, 0.6) is 0 Å². The fourth-order valence-corrected chi connectivity index (χ4v) is 2.87. The lowest BCUT2D eigenvalue weighted by Gasteiger charge is -2.20. The summed E-state index contributed by atoms with van der Waals surface area (Å²) in [5, 5.41) is 9.44. The highest BCUT2D eigenvalue weighted by Crippen LogP contribution is 2.44. The van der Waals surface area contributed by atoms with Crippen molar-refractivity contribution in [1.29, 1.82) is 5.26 Å². The molecule has 84 valence electrons. The first kappa shape index (κ1) is 11.2. The van der Waals surface area contributed by atoms with Gasteiger partial charge in [0, 0.05) is 0 Å². The summed E-state index contributed by atoms with van der Waals surface area (Å²) < 4.78 is 0. The highest BCUT2D eigenvalue weighted by molar-refractivity contribution is 5.20. The number of hydrogen-bond donors (Lipinski definition) is 0. The molecule has 0 aliphatic heterocycles. The number of nitrogens with zero attached hydrogens (tertiary/aromatic N) is 1. The Morgan fingerprint density at radius 2 is 2.12 bits per heavy atom. The van der Waals surface area contributed by atoms with Gasteiger partial charge in [-0.3, -0.25) is 0 Å². The van der Waals surface area contributed by atoms with Crippen LogP contribution in [-0.4, -0.2) is 0 Å². The van der Waals surface area contributed by atoms with Gasteiger partial charge >= 0.3 is 0 Å². The highest BCUT2D eigenvalue weighted by Gasteiger charge is 2.38. The van der Waals surface area contributed by atoms with E-state index in [4.69, 9.17) is 0 Å². The van der Waals surface area contributed by atoms with Crippen LogP contribution < -0.4 is 0 Å². The van der Waals surface area contributed by atoms with Gasteiger partial charge in [0.2, 0.25) is 0 Å². The second kappa shape index (κ2) is 4.70. The first-order valence-corrected chi connectivity index (χ1v) is 6.23. The van der Waals surface area contributed by atoms with Gasteiger partial charge in [0.1, 0.15) is 0 Å². The van der Waals surface area contributed by atoms with Crippen molar-refractivity contribution in [2.45, 2.75) is 39.0 Å². The minimum Gasteiger partial charge on any atom is -0.198 e. The first-order chi connectivity index (χ1) is 7.78. The first-order valence-electron chi connectivity index (χ1n) is 6.23. The monoisotopic (exact) mass is 213 g/mol. The van der Waals surface area contributed by atoms with Crippen LogP contribution in [-0.2, 0) is 6.42 Å². The van der Waals surface area contributed by atoms with Crippen LogP contribution in [0.25, 0.3) is 0 Å². The van der Waals surface area contributed by atoms with Crippen molar-refractivity contribution >= 4 is 0 Å². The molecule has 1 fully saturated rings. The van der Waals surface area contributed by atoms with E-state index in [9.17, 15) is 5.26 Å². The second-order valence-corrected chi connectivity index (χ2v) is 5.07. The third-order valence-electron chi connectivity index (χ3n) is 3.91. The third kappa shape index (κ3) is 2.27. The second-order valence-electron chi connectivity index (χ2n) is 5.07. The van der Waals surface area contributed by atoms with Gasteiger partial charge in [0.25, 0.3) is 0 Å². The molecule has 1 aliphatic rings. The summed E-state index contributed by atoms with van der Waals surface area (Å²) in [6.07, 6.45) is 5.56. The van der Waals surface area contributed by atoms with Gasteiger partial charge < -0.3 is 0 Å². The average Bonchev–Trinajstić information content (AvgIpc) is 2.75. The van der Waals surface area contributed by atoms with Gasteiger partial charge in [0.05, 0.1) is 11.5 Å². The van der Waals surface area contributed by atoms with Crippen LogP contribution >= 0.6 is 0 Å². The number of benzene rings is 1. The minimum absolute atomic E-state index is 0.0813. The van der Waals surface area contributed by atoms with Gasteiger partial charge in [-0.1, -0.05) is 43.7 Å². The van der Waals surface area contributed by atoms with Crippen molar-refractivity contribution in [1.82, 2.24) is 0 Å². The van der Waals surface area contributed by atoms with Crippen molar-refractivity contribution in [3.05, 3.63) is 35.9 Å². The van der Waals surface area contributed by atoms with Gasteiger partial charge in [-0.2, -0.15) is 5.26 Å². The van der Waals surface area contributed by atoms with Crippen LogP contribution in [0.1, 0.15) is 38.2 Å². The lowest BCUT2D eigenvalue weighted by atomic mass is 9.80. The summed E-state index contributed by atoms with van der Waals surface area (Å²) in [7, 11) is 0. The van der Waals surface area contributed by atoms with Crippen molar-refractivity contribution in [2.75, 3.05) is 0 Å². The van der Waals surface area contributed by atoms with Gasteiger partial charge in [0.15, 0.2) is 0 Å². The van der Waals surface area contributed by atoms with E-state index in [-0.39, 0.29) is 5.41 Å². The summed E-state index contributed by atoms with van der Waals surface area (Å²) in [5.74, 6) is 0.767. The molecule has 0 saturated heterocycles. The Bertz CT molecular complexity index is 376. The maximum atomic E-state index is 9.44. The van der Waals surface area contributed by atoms with E-state index in [0.29, 0.717) is 0 Å². The normalized spacial score (nSPS) is 28.9. The molecule has 0 N–H and O–H groups in total. The van der Waals surface area contributed by atoms with E-state index in [1.165, 1.54) is 18.4 Å². The van der Waals surface area contributed by atoms with E-state index >= 15 is 0 Å². The molecule has 0 radical (unpaired) electrons. The molecule has 0 heterocycles. The van der Waals surface area contributed by atoms with Crippen molar-refractivity contribution < 1.29 is 0 Å². The van der Waals surface area contributed by atoms with E-state index in [2.05, 4.69) is 37.3 Å². The lowest BCUT2D eigenvalue weighted by Crippen LogP contribution is -2.17. The molecule has 16 heavy (non-hydrogen) atoms. The molecular weight excluding hydrogens is 194 g/mol. The maximum absolute atomic E-state index is 9.44. The molecule has 1 heteroatoms. The Balaban J connectivity index is 2.10. The maximum Gasteiger partial charge on any atom is 0.0693 e. The Morgan fingerprint density at radius 3 is 2.69 bits per heavy atom. The molecule has 2 atom stereocenters. The number of nitriles is 1. The summed E-state index contributed by atoms with van der Waals surface area (Å²) in [4.78, 5) is 0. The fraction of sp³-hybridized carbons (Fsp3) is 0.533. The highest BCUT2D eigenvalue weighted by atomic mass is 14.4. The molecule has 2 rings (SSSR count). The lowest BCUT2D eigenvalue weighted by molar-refractivity contribution is 0.381. The van der Waals surface area contributed by atoms with E-state index in [0.717, 1.165) is 25.2 Å². The smallest absolute Gasteiger partial charge is 0.0693 e. The molecular formula is C15H19N. The molecule has 1 aliphatic carbocycles. The van der Waals surface area contributed by atoms with Crippen molar-refractivity contribution in [3.63, 3.8) is 0 Å². The van der Waals surface area contributed by atoms with Crippen LogP contribution in [0.15, 0.2) is 30.3 Å². The van der Waals surface area contributed by atoms with Crippen molar-refractivity contribution in [2.24, 2.45) is 11.3 Å². The van der Waals surface area contributed by atoms with E-state index < -0.39 is 0 Å².